The minimum absolute atomic E-state index is 0.0420. The molecule has 6 heteroatoms. The van der Waals surface area contributed by atoms with E-state index in [-0.39, 0.29) is 11.7 Å². The Balaban J connectivity index is 1.68. The van der Waals surface area contributed by atoms with Gasteiger partial charge in [0.1, 0.15) is 5.50 Å². The molecule has 100 valence electrons. The molecule has 0 aromatic rings. The maximum atomic E-state index is 5.39. The lowest BCUT2D eigenvalue weighted by Gasteiger charge is -2.31. The number of hydrogen-bond donors (Lipinski definition) is 4. The molecule has 1 aliphatic carbocycles. The molecule has 1 saturated carbocycles. The predicted molar refractivity (Wildman–Crippen MR) is 71.1 cm³/mol. The molecule has 17 heavy (non-hydrogen) atoms. The molecular formula is C11H24N4OS. The third kappa shape index (κ3) is 3.56. The third-order valence-corrected chi connectivity index (χ3v) is 4.17. The molecular weight excluding hydrogens is 236 g/mol. The number of rotatable bonds is 4. The molecule has 5 nitrogen and oxygen atoms in total. The van der Waals surface area contributed by atoms with Crippen LogP contribution in [-0.4, -0.2) is 36.4 Å². The predicted octanol–water partition coefficient (Wildman–Crippen LogP) is 0.665. The Hall–Kier alpha value is 0.150. The van der Waals surface area contributed by atoms with E-state index in [9.17, 15) is 0 Å². The van der Waals surface area contributed by atoms with Crippen LogP contribution in [0.1, 0.15) is 32.6 Å². The Morgan fingerprint density at radius 2 is 2.00 bits per heavy atom. The minimum Gasteiger partial charge on any atom is -0.381 e. The Kier molecular flexibility index (Phi) is 5.08. The SMILES string of the molecule is COC1CCC(CNN2C(C)NNC2S)CC1. The molecule has 0 aromatic heterocycles. The lowest BCUT2D eigenvalue weighted by Crippen LogP contribution is -2.48. The van der Waals surface area contributed by atoms with Crippen molar-refractivity contribution >= 4 is 12.6 Å². The molecule has 2 aliphatic rings. The molecule has 2 unspecified atom stereocenters. The normalized spacial score (nSPS) is 39.7. The highest BCUT2D eigenvalue weighted by atomic mass is 32.1. The van der Waals surface area contributed by atoms with Gasteiger partial charge in [-0.15, -0.1) is 12.6 Å². The number of hydrazine groups is 2. The second-order valence-electron chi connectivity index (χ2n) is 4.99. The smallest absolute Gasteiger partial charge is 0.132 e. The first-order valence-electron chi connectivity index (χ1n) is 6.44. The first-order chi connectivity index (χ1) is 8.20. The van der Waals surface area contributed by atoms with Crippen LogP contribution < -0.4 is 16.3 Å². The first-order valence-corrected chi connectivity index (χ1v) is 6.96. The summed E-state index contributed by atoms with van der Waals surface area (Å²) in [7, 11) is 1.82. The van der Waals surface area contributed by atoms with Crippen molar-refractivity contribution in [2.24, 2.45) is 5.92 Å². The van der Waals surface area contributed by atoms with Gasteiger partial charge in [-0.25, -0.2) is 10.9 Å². The minimum atomic E-state index is 0.0420. The highest BCUT2D eigenvalue weighted by Gasteiger charge is 2.28. The zero-order valence-corrected chi connectivity index (χ0v) is 11.5. The summed E-state index contributed by atoms with van der Waals surface area (Å²) < 4.78 is 5.39. The van der Waals surface area contributed by atoms with Gasteiger partial charge in [0.05, 0.1) is 12.3 Å². The van der Waals surface area contributed by atoms with Crippen LogP contribution in [0.4, 0.5) is 0 Å². The quantitative estimate of drug-likeness (QED) is 0.560. The first kappa shape index (κ1) is 13.6. The van der Waals surface area contributed by atoms with Crippen LogP contribution in [-0.2, 0) is 4.74 Å². The maximum Gasteiger partial charge on any atom is 0.132 e. The number of hydrogen-bond acceptors (Lipinski definition) is 6. The van der Waals surface area contributed by atoms with Gasteiger partial charge in [0.25, 0.3) is 0 Å². The van der Waals surface area contributed by atoms with Crippen LogP contribution in [0.5, 0.6) is 0 Å². The molecule has 2 rings (SSSR count). The zero-order valence-electron chi connectivity index (χ0n) is 10.6. The fourth-order valence-electron chi connectivity index (χ4n) is 2.58. The van der Waals surface area contributed by atoms with Gasteiger partial charge in [0, 0.05) is 13.7 Å². The topological polar surface area (TPSA) is 48.6 Å². The molecule has 2 atom stereocenters. The summed E-state index contributed by atoms with van der Waals surface area (Å²) in [5, 5.41) is 2.12. The third-order valence-electron chi connectivity index (χ3n) is 3.79. The second-order valence-corrected chi connectivity index (χ2v) is 5.48. The lowest BCUT2D eigenvalue weighted by molar-refractivity contribution is 0.0503. The highest BCUT2D eigenvalue weighted by Crippen LogP contribution is 2.25. The van der Waals surface area contributed by atoms with E-state index in [1.165, 1.54) is 25.7 Å². The van der Waals surface area contributed by atoms with Crippen LogP contribution >= 0.6 is 12.6 Å². The Morgan fingerprint density at radius 1 is 1.29 bits per heavy atom. The van der Waals surface area contributed by atoms with Crippen molar-refractivity contribution in [3.63, 3.8) is 0 Å². The van der Waals surface area contributed by atoms with Crippen LogP contribution in [0, 0.1) is 5.92 Å². The van der Waals surface area contributed by atoms with E-state index in [4.69, 9.17) is 4.74 Å². The van der Waals surface area contributed by atoms with E-state index in [1.54, 1.807) is 0 Å². The van der Waals surface area contributed by atoms with Gasteiger partial charge in [0.15, 0.2) is 0 Å². The average molecular weight is 260 g/mol. The maximum absolute atomic E-state index is 5.39. The average Bonchev–Trinajstić information content (AvgIpc) is 2.67. The van der Waals surface area contributed by atoms with Gasteiger partial charge in [-0.1, -0.05) is 0 Å². The molecule has 0 radical (unpaired) electrons. The standard InChI is InChI=1S/C11H24N4OS/c1-8-13-14-11(17)15(8)12-7-9-3-5-10(16-2)6-4-9/h8-14,17H,3-7H2,1-2H3. The molecule has 1 aliphatic heterocycles. The van der Waals surface area contributed by atoms with Crippen molar-refractivity contribution in [1.82, 2.24) is 21.3 Å². The van der Waals surface area contributed by atoms with E-state index in [2.05, 4.69) is 40.8 Å². The molecule has 0 spiro atoms. The Labute approximate surface area is 109 Å². The fraction of sp³-hybridized carbons (Fsp3) is 1.00. The van der Waals surface area contributed by atoms with Gasteiger partial charge in [0.2, 0.25) is 0 Å². The Bertz CT molecular complexity index is 226. The molecule has 1 heterocycles. The summed E-state index contributed by atoms with van der Waals surface area (Å²) in [5.41, 5.74) is 9.74. The van der Waals surface area contributed by atoms with Crippen LogP contribution in [0.3, 0.4) is 0 Å². The van der Waals surface area contributed by atoms with E-state index in [0.29, 0.717) is 6.10 Å². The van der Waals surface area contributed by atoms with Gasteiger partial charge >= 0.3 is 0 Å². The van der Waals surface area contributed by atoms with Crippen molar-refractivity contribution in [1.29, 1.82) is 0 Å². The van der Waals surface area contributed by atoms with Gasteiger partial charge in [-0.05, 0) is 38.5 Å². The number of thiol groups is 1. The van der Waals surface area contributed by atoms with Crippen molar-refractivity contribution < 1.29 is 4.74 Å². The van der Waals surface area contributed by atoms with Crippen molar-refractivity contribution in [2.75, 3.05) is 13.7 Å². The summed E-state index contributed by atoms with van der Waals surface area (Å²) in [6, 6.07) is 0. The largest absolute Gasteiger partial charge is 0.381 e. The summed E-state index contributed by atoms with van der Waals surface area (Å²) in [6.07, 6.45) is 5.65. The zero-order chi connectivity index (χ0) is 12.3. The number of methoxy groups -OCH3 is 1. The number of nitrogens with one attached hydrogen (secondary N) is 3. The molecule has 0 bridgehead atoms. The van der Waals surface area contributed by atoms with Gasteiger partial charge < -0.3 is 4.74 Å². The van der Waals surface area contributed by atoms with E-state index in [1.807, 2.05) is 7.11 Å². The van der Waals surface area contributed by atoms with Crippen LogP contribution in [0.2, 0.25) is 0 Å². The monoisotopic (exact) mass is 260 g/mol. The van der Waals surface area contributed by atoms with Gasteiger partial charge in [-0.2, -0.15) is 5.01 Å². The highest BCUT2D eigenvalue weighted by molar-refractivity contribution is 7.80. The van der Waals surface area contributed by atoms with Crippen LogP contribution in [0.25, 0.3) is 0 Å². The summed E-state index contributed by atoms with van der Waals surface area (Å²) in [4.78, 5) is 0. The van der Waals surface area contributed by atoms with Crippen molar-refractivity contribution in [3.8, 4) is 0 Å². The van der Waals surface area contributed by atoms with Gasteiger partial charge in [-0.3, -0.25) is 5.43 Å². The number of ether oxygens (including phenoxy) is 1. The molecule has 1 saturated heterocycles. The summed E-state index contributed by atoms with van der Waals surface area (Å²) in [6.45, 7) is 3.14. The summed E-state index contributed by atoms with van der Waals surface area (Å²) in [5.74, 6) is 0.759. The fourth-order valence-corrected chi connectivity index (χ4v) is 2.93. The number of nitrogens with zero attached hydrogens (tertiary/aromatic N) is 1. The van der Waals surface area contributed by atoms with Crippen LogP contribution in [0.15, 0.2) is 0 Å². The molecule has 0 aromatic carbocycles. The molecule has 3 N–H and O–H groups in total. The van der Waals surface area contributed by atoms with E-state index in [0.717, 1.165) is 12.5 Å². The lowest BCUT2D eigenvalue weighted by atomic mass is 9.87. The van der Waals surface area contributed by atoms with E-state index >= 15 is 0 Å². The van der Waals surface area contributed by atoms with Crippen molar-refractivity contribution in [2.45, 2.75) is 50.4 Å². The van der Waals surface area contributed by atoms with Crippen molar-refractivity contribution in [3.05, 3.63) is 0 Å². The second kappa shape index (κ2) is 6.36. The van der Waals surface area contributed by atoms with E-state index < -0.39 is 0 Å². The molecule has 2 fully saturated rings. The molecule has 0 amide bonds. The summed E-state index contributed by atoms with van der Waals surface area (Å²) >= 11 is 4.44. The Morgan fingerprint density at radius 3 is 2.53 bits per heavy atom.